The Morgan fingerprint density at radius 1 is 1.00 bits per heavy atom. The predicted molar refractivity (Wildman–Crippen MR) is 97.5 cm³/mol. The van der Waals surface area contributed by atoms with E-state index in [-0.39, 0.29) is 36.8 Å². The fourth-order valence-electron chi connectivity index (χ4n) is 3.82. The van der Waals surface area contributed by atoms with Gasteiger partial charge in [-0.15, -0.1) is 0 Å². The minimum atomic E-state index is -0.921. The molecule has 0 spiro atoms. The number of ether oxygens (including phenoxy) is 1. The largest absolute Gasteiger partial charge is 0.490 e. The first-order valence-corrected chi connectivity index (χ1v) is 8.94. The lowest BCUT2D eigenvalue weighted by molar-refractivity contribution is -0.141. The van der Waals surface area contributed by atoms with E-state index in [1.807, 2.05) is 54.6 Å². The Balaban J connectivity index is 1.40. The SMILES string of the molecule is O=C1C2CC=CCC2C(=O)N1CC(O)COc1cccc2ccccc12. The highest BCUT2D eigenvalue weighted by molar-refractivity contribution is 6.05. The number of β-amino-alcohol motifs (C(OH)–C–C–N with tert-alkyl or cyclic N) is 1. The molecule has 1 heterocycles. The Morgan fingerprint density at radius 3 is 2.38 bits per heavy atom. The van der Waals surface area contributed by atoms with Crippen molar-refractivity contribution >= 4 is 22.6 Å². The van der Waals surface area contributed by atoms with Crippen molar-refractivity contribution in [2.45, 2.75) is 18.9 Å². The van der Waals surface area contributed by atoms with Gasteiger partial charge in [0, 0.05) is 5.39 Å². The molecule has 26 heavy (non-hydrogen) atoms. The molecule has 1 saturated heterocycles. The third-order valence-electron chi connectivity index (χ3n) is 5.17. The van der Waals surface area contributed by atoms with Crippen LogP contribution < -0.4 is 4.74 Å². The standard InChI is InChI=1S/C21H21NO4/c23-15(12-22-20(24)17-9-3-4-10-18(17)21(22)25)13-26-19-11-5-7-14-6-1-2-8-16(14)19/h1-8,11,15,17-18,23H,9-10,12-13H2. The molecule has 5 nitrogen and oxygen atoms in total. The summed E-state index contributed by atoms with van der Waals surface area (Å²) in [4.78, 5) is 26.1. The molecule has 1 fully saturated rings. The maximum Gasteiger partial charge on any atom is 0.233 e. The van der Waals surface area contributed by atoms with E-state index < -0.39 is 6.10 Å². The molecule has 1 aliphatic heterocycles. The first-order valence-electron chi connectivity index (χ1n) is 8.94. The number of carbonyl (C=O) groups excluding carboxylic acids is 2. The number of hydrogen-bond acceptors (Lipinski definition) is 4. The zero-order valence-corrected chi connectivity index (χ0v) is 14.4. The molecule has 0 radical (unpaired) electrons. The average molecular weight is 351 g/mol. The van der Waals surface area contributed by atoms with E-state index in [0.717, 1.165) is 10.8 Å². The predicted octanol–water partition coefficient (Wildman–Crippen LogP) is 2.53. The molecule has 5 heteroatoms. The summed E-state index contributed by atoms with van der Waals surface area (Å²) in [6.45, 7) is 0.00802. The average Bonchev–Trinajstić information content (AvgIpc) is 2.91. The van der Waals surface area contributed by atoms with Crippen LogP contribution in [0, 0.1) is 11.8 Å². The van der Waals surface area contributed by atoms with Crippen molar-refractivity contribution in [3.8, 4) is 5.75 Å². The lowest BCUT2D eigenvalue weighted by atomic mass is 9.85. The van der Waals surface area contributed by atoms with E-state index >= 15 is 0 Å². The van der Waals surface area contributed by atoms with Gasteiger partial charge >= 0.3 is 0 Å². The second kappa shape index (κ2) is 6.92. The summed E-state index contributed by atoms with van der Waals surface area (Å²) in [7, 11) is 0. The van der Waals surface area contributed by atoms with Gasteiger partial charge in [0.2, 0.25) is 11.8 Å². The van der Waals surface area contributed by atoms with E-state index in [9.17, 15) is 14.7 Å². The highest BCUT2D eigenvalue weighted by Gasteiger charge is 2.47. The highest BCUT2D eigenvalue weighted by Crippen LogP contribution is 2.35. The van der Waals surface area contributed by atoms with Crippen molar-refractivity contribution in [2.75, 3.05) is 13.2 Å². The number of nitrogens with zero attached hydrogens (tertiary/aromatic N) is 1. The molecule has 134 valence electrons. The van der Waals surface area contributed by atoms with Crippen molar-refractivity contribution in [1.82, 2.24) is 4.90 Å². The maximum atomic E-state index is 12.5. The van der Waals surface area contributed by atoms with E-state index in [1.165, 1.54) is 4.90 Å². The van der Waals surface area contributed by atoms with Crippen molar-refractivity contribution in [3.63, 3.8) is 0 Å². The van der Waals surface area contributed by atoms with Crippen LogP contribution >= 0.6 is 0 Å². The number of benzene rings is 2. The number of hydrogen-bond donors (Lipinski definition) is 1. The van der Waals surface area contributed by atoms with Crippen LogP contribution in [0.1, 0.15) is 12.8 Å². The molecule has 0 bridgehead atoms. The van der Waals surface area contributed by atoms with Gasteiger partial charge < -0.3 is 9.84 Å². The van der Waals surface area contributed by atoms with Gasteiger partial charge in [-0.3, -0.25) is 14.5 Å². The first kappa shape index (κ1) is 16.8. The van der Waals surface area contributed by atoms with E-state index in [2.05, 4.69) is 0 Å². The summed E-state index contributed by atoms with van der Waals surface area (Å²) in [5.41, 5.74) is 0. The smallest absolute Gasteiger partial charge is 0.233 e. The Morgan fingerprint density at radius 2 is 1.65 bits per heavy atom. The molecule has 4 rings (SSSR count). The van der Waals surface area contributed by atoms with Crippen molar-refractivity contribution < 1.29 is 19.4 Å². The first-order chi connectivity index (χ1) is 12.6. The molecular weight excluding hydrogens is 330 g/mol. The Bertz CT molecular complexity index is 844. The Kier molecular flexibility index (Phi) is 4.47. The third kappa shape index (κ3) is 2.99. The van der Waals surface area contributed by atoms with Crippen LogP contribution in [-0.4, -0.2) is 41.1 Å². The van der Waals surface area contributed by atoms with Gasteiger partial charge in [-0.2, -0.15) is 0 Å². The van der Waals surface area contributed by atoms with Gasteiger partial charge in [0.1, 0.15) is 18.5 Å². The second-order valence-electron chi connectivity index (χ2n) is 6.88. The Labute approximate surface area is 151 Å². The molecular formula is C21H21NO4. The van der Waals surface area contributed by atoms with Crippen molar-refractivity contribution in [3.05, 3.63) is 54.6 Å². The minimum absolute atomic E-state index is 0.0184. The fourth-order valence-corrected chi connectivity index (χ4v) is 3.82. The zero-order valence-electron chi connectivity index (χ0n) is 14.4. The van der Waals surface area contributed by atoms with E-state index in [0.29, 0.717) is 18.6 Å². The summed E-state index contributed by atoms with van der Waals surface area (Å²) < 4.78 is 5.77. The molecule has 3 atom stereocenters. The van der Waals surface area contributed by atoms with Crippen LogP contribution in [0.3, 0.4) is 0 Å². The number of carbonyl (C=O) groups is 2. The number of aliphatic hydroxyl groups excluding tert-OH is 1. The maximum absolute atomic E-state index is 12.5. The number of imide groups is 1. The molecule has 1 aliphatic carbocycles. The van der Waals surface area contributed by atoms with Gasteiger partial charge in [-0.1, -0.05) is 48.6 Å². The van der Waals surface area contributed by atoms with Crippen LogP contribution in [-0.2, 0) is 9.59 Å². The third-order valence-corrected chi connectivity index (χ3v) is 5.17. The second-order valence-corrected chi connectivity index (χ2v) is 6.88. The van der Waals surface area contributed by atoms with Crippen LogP contribution in [0.25, 0.3) is 10.8 Å². The van der Waals surface area contributed by atoms with Crippen LogP contribution in [0.4, 0.5) is 0 Å². The van der Waals surface area contributed by atoms with Crippen LogP contribution in [0.5, 0.6) is 5.75 Å². The van der Waals surface area contributed by atoms with E-state index in [4.69, 9.17) is 4.74 Å². The lowest BCUT2D eigenvalue weighted by Gasteiger charge is -2.20. The molecule has 2 aromatic rings. The number of rotatable bonds is 5. The van der Waals surface area contributed by atoms with Crippen LogP contribution in [0.15, 0.2) is 54.6 Å². The number of amides is 2. The quantitative estimate of drug-likeness (QED) is 0.664. The van der Waals surface area contributed by atoms with Gasteiger partial charge in [-0.05, 0) is 24.3 Å². The summed E-state index contributed by atoms with van der Waals surface area (Å²) >= 11 is 0. The zero-order chi connectivity index (χ0) is 18.1. The molecule has 3 unspecified atom stereocenters. The molecule has 0 aromatic heterocycles. The highest BCUT2D eigenvalue weighted by atomic mass is 16.5. The molecule has 0 saturated carbocycles. The minimum Gasteiger partial charge on any atom is -0.490 e. The normalized spacial score (nSPS) is 23.3. The number of allylic oxidation sites excluding steroid dienone is 2. The van der Waals surface area contributed by atoms with Crippen LogP contribution in [0.2, 0.25) is 0 Å². The van der Waals surface area contributed by atoms with Crippen molar-refractivity contribution in [1.29, 1.82) is 0 Å². The fraction of sp³-hybridized carbons (Fsp3) is 0.333. The topological polar surface area (TPSA) is 66.8 Å². The van der Waals surface area contributed by atoms with Gasteiger partial charge in [0.25, 0.3) is 0 Å². The monoisotopic (exact) mass is 351 g/mol. The number of likely N-dealkylation sites (tertiary alicyclic amines) is 1. The van der Waals surface area contributed by atoms with Gasteiger partial charge in [-0.25, -0.2) is 0 Å². The number of fused-ring (bicyclic) bond motifs is 2. The van der Waals surface area contributed by atoms with Gasteiger partial charge in [0.15, 0.2) is 0 Å². The molecule has 2 aliphatic rings. The van der Waals surface area contributed by atoms with Gasteiger partial charge in [0.05, 0.1) is 18.4 Å². The molecule has 1 N–H and O–H groups in total. The lowest BCUT2D eigenvalue weighted by Crippen LogP contribution is -2.40. The summed E-state index contributed by atoms with van der Waals surface area (Å²) in [6.07, 6.45) is 4.20. The molecule has 2 amide bonds. The Hall–Kier alpha value is -2.66. The summed E-state index contributed by atoms with van der Waals surface area (Å²) in [6, 6.07) is 13.6. The summed E-state index contributed by atoms with van der Waals surface area (Å²) in [5.74, 6) is -0.196. The summed E-state index contributed by atoms with van der Waals surface area (Å²) in [5, 5.41) is 12.3. The van der Waals surface area contributed by atoms with Crippen molar-refractivity contribution in [2.24, 2.45) is 11.8 Å². The number of aliphatic hydroxyl groups is 1. The molecule has 2 aromatic carbocycles. The van der Waals surface area contributed by atoms with E-state index in [1.54, 1.807) is 0 Å².